The lowest BCUT2D eigenvalue weighted by molar-refractivity contribution is 0.283. The summed E-state index contributed by atoms with van der Waals surface area (Å²) in [7, 11) is 3.94. The van der Waals surface area contributed by atoms with Gasteiger partial charge in [-0.1, -0.05) is 24.6 Å². The van der Waals surface area contributed by atoms with Gasteiger partial charge in [0, 0.05) is 37.2 Å². The van der Waals surface area contributed by atoms with Crippen LogP contribution < -0.4 is 10.1 Å². The number of nitrogens with zero attached hydrogens (tertiary/aromatic N) is 1. The Hall–Kier alpha value is -1.06. The number of methoxy groups -OCH3 is 1. The van der Waals surface area contributed by atoms with Crippen molar-refractivity contribution in [2.45, 2.75) is 19.3 Å². The molecule has 1 aromatic rings. The first-order chi connectivity index (χ1) is 8.55. The third kappa shape index (κ3) is 2.68. The average Bonchev–Trinajstić information content (AvgIpc) is 2.51. The summed E-state index contributed by atoms with van der Waals surface area (Å²) in [5.74, 6) is 1.00. The molecule has 3 nitrogen and oxygen atoms in total. The standard InChI is InChI=1S/C15H24N2O/c1-12-5-6-14(18-4)13(9-12)15(2)10-16-7-8-17(3)11-15/h5-6,9,16H,7-8,10-11H2,1-4H3. The van der Waals surface area contributed by atoms with E-state index in [1.165, 1.54) is 11.1 Å². The molecule has 1 aliphatic rings. The molecule has 1 heterocycles. The van der Waals surface area contributed by atoms with Crippen molar-refractivity contribution in [3.8, 4) is 5.75 Å². The molecule has 0 aromatic heterocycles. The number of nitrogens with one attached hydrogen (secondary N) is 1. The van der Waals surface area contributed by atoms with Crippen LogP contribution in [0.15, 0.2) is 18.2 Å². The van der Waals surface area contributed by atoms with Crippen LogP contribution in [-0.2, 0) is 5.41 Å². The van der Waals surface area contributed by atoms with Crippen LogP contribution in [-0.4, -0.2) is 45.2 Å². The van der Waals surface area contributed by atoms with Gasteiger partial charge in [0.15, 0.2) is 0 Å². The number of likely N-dealkylation sites (N-methyl/N-ethyl adjacent to an activating group) is 1. The number of hydrogen-bond donors (Lipinski definition) is 1. The third-order valence-corrected chi connectivity index (χ3v) is 3.81. The molecule has 2 rings (SSSR count). The van der Waals surface area contributed by atoms with Crippen LogP contribution in [0.3, 0.4) is 0 Å². The summed E-state index contributed by atoms with van der Waals surface area (Å²) >= 11 is 0. The fourth-order valence-electron chi connectivity index (χ4n) is 2.84. The minimum Gasteiger partial charge on any atom is -0.496 e. The van der Waals surface area contributed by atoms with Gasteiger partial charge in [0.05, 0.1) is 7.11 Å². The summed E-state index contributed by atoms with van der Waals surface area (Å²) in [4.78, 5) is 2.39. The van der Waals surface area contributed by atoms with Gasteiger partial charge in [-0.25, -0.2) is 0 Å². The van der Waals surface area contributed by atoms with Crippen molar-refractivity contribution in [2.24, 2.45) is 0 Å². The van der Waals surface area contributed by atoms with Gasteiger partial charge in [0.25, 0.3) is 0 Å². The van der Waals surface area contributed by atoms with E-state index in [9.17, 15) is 0 Å². The molecule has 0 amide bonds. The average molecular weight is 248 g/mol. The lowest BCUT2D eigenvalue weighted by Crippen LogP contribution is -2.40. The highest BCUT2D eigenvalue weighted by atomic mass is 16.5. The Labute approximate surface area is 110 Å². The predicted octanol–water partition coefficient (Wildman–Crippen LogP) is 1.80. The van der Waals surface area contributed by atoms with Crippen molar-refractivity contribution in [3.05, 3.63) is 29.3 Å². The number of ether oxygens (including phenoxy) is 1. The predicted molar refractivity (Wildman–Crippen MR) is 75.4 cm³/mol. The number of benzene rings is 1. The molecule has 1 fully saturated rings. The molecule has 3 heteroatoms. The molecular formula is C15H24N2O. The minimum absolute atomic E-state index is 0.0998. The van der Waals surface area contributed by atoms with Gasteiger partial charge in [-0.2, -0.15) is 0 Å². The molecule has 0 aliphatic carbocycles. The molecule has 1 atom stereocenters. The van der Waals surface area contributed by atoms with E-state index in [-0.39, 0.29) is 5.41 Å². The fourth-order valence-corrected chi connectivity index (χ4v) is 2.84. The first-order valence-corrected chi connectivity index (χ1v) is 6.59. The van der Waals surface area contributed by atoms with E-state index < -0.39 is 0 Å². The Morgan fingerprint density at radius 3 is 2.89 bits per heavy atom. The van der Waals surface area contributed by atoms with Gasteiger partial charge in [0.2, 0.25) is 0 Å². The van der Waals surface area contributed by atoms with Crippen molar-refractivity contribution in [3.63, 3.8) is 0 Å². The number of rotatable bonds is 2. The second kappa shape index (κ2) is 5.29. The topological polar surface area (TPSA) is 24.5 Å². The van der Waals surface area contributed by atoms with E-state index in [4.69, 9.17) is 4.74 Å². The SMILES string of the molecule is COc1ccc(C)cc1C1(C)CNCCN(C)C1. The Bertz CT molecular complexity index is 419. The van der Waals surface area contributed by atoms with E-state index in [0.29, 0.717) is 0 Å². The Kier molecular flexibility index (Phi) is 3.93. The minimum atomic E-state index is 0.0998. The maximum Gasteiger partial charge on any atom is 0.122 e. The second-order valence-electron chi connectivity index (χ2n) is 5.68. The highest BCUT2D eigenvalue weighted by molar-refractivity contribution is 5.42. The Balaban J connectivity index is 2.40. The van der Waals surface area contributed by atoms with Crippen LogP contribution in [0.2, 0.25) is 0 Å². The van der Waals surface area contributed by atoms with Gasteiger partial charge in [-0.3, -0.25) is 0 Å². The zero-order valence-corrected chi connectivity index (χ0v) is 11.9. The molecule has 0 saturated carbocycles. The summed E-state index contributed by atoms with van der Waals surface area (Å²) in [6.45, 7) is 8.67. The second-order valence-corrected chi connectivity index (χ2v) is 5.68. The quantitative estimate of drug-likeness (QED) is 0.863. The van der Waals surface area contributed by atoms with E-state index in [1.807, 2.05) is 0 Å². The van der Waals surface area contributed by atoms with Crippen LogP contribution in [0.4, 0.5) is 0 Å². The fraction of sp³-hybridized carbons (Fsp3) is 0.600. The maximum absolute atomic E-state index is 5.55. The first-order valence-electron chi connectivity index (χ1n) is 6.59. The van der Waals surface area contributed by atoms with Crippen LogP contribution in [0.1, 0.15) is 18.1 Å². The molecule has 1 saturated heterocycles. The largest absolute Gasteiger partial charge is 0.496 e. The van der Waals surface area contributed by atoms with Crippen LogP contribution in [0.5, 0.6) is 5.75 Å². The monoisotopic (exact) mass is 248 g/mol. The van der Waals surface area contributed by atoms with Gasteiger partial charge >= 0.3 is 0 Å². The molecule has 1 aromatic carbocycles. The summed E-state index contributed by atoms with van der Waals surface area (Å²) in [5, 5.41) is 3.54. The zero-order valence-electron chi connectivity index (χ0n) is 11.9. The summed E-state index contributed by atoms with van der Waals surface area (Å²) in [6.07, 6.45) is 0. The highest BCUT2D eigenvalue weighted by Gasteiger charge is 2.32. The zero-order chi connectivity index (χ0) is 13.2. The van der Waals surface area contributed by atoms with Crippen molar-refractivity contribution < 1.29 is 4.74 Å². The lowest BCUT2D eigenvalue weighted by Gasteiger charge is -2.33. The van der Waals surface area contributed by atoms with E-state index in [2.05, 4.69) is 49.3 Å². The van der Waals surface area contributed by atoms with Gasteiger partial charge in [0.1, 0.15) is 5.75 Å². The molecule has 1 aliphatic heterocycles. The smallest absolute Gasteiger partial charge is 0.122 e. The van der Waals surface area contributed by atoms with E-state index in [0.717, 1.165) is 31.9 Å². The first kappa shape index (κ1) is 13.4. The highest BCUT2D eigenvalue weighted by Crippen LogP contribution is 2.33. The van der Waals surface area contributed by atoms with Gasteiger partial charge in [-0.05, 0) is 20.0 Å². The van der Waals surface area contributed by atoms with Crippen molar-refractivity contribution in [1.82, 2.24) is 10.2 Å². The van der Waals surface area contributed by atoms with Gasteiger partial charge < -0.3 is 15.0 Å². The molecular weight excluding hydrogens is 224 g/mol. The van der Waals surface area contributed by atoms with Crippen molar-refractivity contribution >= 4 is 0 Å². The molecule has 0 radical (unpaired) electrons. The summed E-state index contributed by atoms with van der Waals surface area (Å²) < 4.78 is 5.55. The summed E-state index contributed by atoms with van der Waals surface area (Å²) in [6, 6.07) is 6.46. The van der Waals surface area contributed by atoms with Crippen molar-refractivity contribution in [1.29, 1.82) is 0 Å². The Morgan fingerprint density at radius 2 is 2.17 bits per heavy atom. The lowest BCUT2D eigenvalue weighted by atomic mass is 9.80. The normalized spacial score (nSPS) is 25.8. The maximum atomic E-state index is 5.55. The summed E-state index contributed by atoms with van der Waals surface area (Å²) in [5.41, 5.74) is 2.70. The van der Waals surface area contributed by atoms with Crippen LogP contribution >= 0.6 is 0 Å². The molecule has 18 heavy (non-hydrogen) atoms. The Morgan fingerprint density at radius 1 is 1.39 bits per heavy atom. The van der Waals surface area contributed by atoms with Crippen molar-refractivity contribution in [2.75, 3.05) is 40.3 Å². The van der Waals surface area contributed by atoms with E-state index >= 15 is 0 Å². The third-order valence-electron chi connectivity index (χ3n) is 3.81. The molecule has 1 N–H and O–H groups in total. The molecule has 0 spiro atoms. The number of aryl methyl sites for hydroxylation is 1. The molecule has 1 unspecified atom stereocenters. The number of hydrogen-bond acceptors (Lipinski definition) is 3. The van der Waals surface area contributed by atoms with E-state index in [1.54, 1.807) is 7.11 Å². The van der Waals surface area contributed by atoms with Gasteiger partial charge in [-0.15, -0.1) is 0 Å². The molecule has 0 bridgehead atoms. The van der Waals surface area contributed by atoms with Crippen LogP contribution in [0, 0.1) is 6.92 Å². The molecule has 100 valence electrons. The van der Waals surface area contributed by atoms with Crippen LogP contribution in [0.25, 0.3) is 0 Å².